The molecule has 0 N–H and O–H groups in total. The van der Waals surface area contributed by atoms with E-state index in [1.165, 1.54) is 293 Å². The van der Waals surface area contributed by atoms with Gasteiger partial charge in [0, 0.05) is 60.9 Å². The molecule has 2 unspecified atom stereocenters. The minimum atomic E-state index is 0.170. The van der Waals surface area contributed by atoms with Gasteiger partial charge in [0.2, 0.25) is 0 Å². The average Bonchev–Trinajstić information content (AvgIpc) is 1.47. The predicted molar refractivity (Wildman–Crippen MR) is 397 cm³/mol. The van der Waals surface area contributed by atoms with Gasteiger partial charge < -0.3 is 0 Å². The van der Waals surface area contributed by atoms with Crippen LogP contribution >= 0.6 is 45.3 Å². The molecule has 0 spiro atoms. The summed E-state index contributed by atoms with van der Waals surface area (Å²) >= 11 is 7.22. The standard InChI is InChI=1S/C82H110O2S4/c1-7-11-15-19-23-25-27-29-33-37-41-61(39-35-31-21-17-13-9-3)51-63-53-71-69(57-73(81(71)83)75-45-43-59(5)85-75)67-55-66-64(52-62(40-36-32-22-18-14-10-4)42-38-34-30-28-26-24-20-16-12-8-2)54-72-70(68(66)56-65(63)67)58-74(82(72)84)76-47-48-79(87-76)80-50-49-78(88-80)77-46-44-60(6)86-77/h43-50,53-58,61-62H,7-42,51-52H2,1-6H3. The number of aryl methyl sites for hydroxylation is 2. The predicted octanol–water partition coefficient (Wildman–Crippen LogP) is 27.9. The maximum absolute atomic E-state index is 15.4. The fourth-order valence-electron chi connectivity index (χ4n) is 14.6. The number of thiophene rings is 4. The zero-order valence-corrected chi connectivity index (χ0v) is 58.8. The van der Waals surface area contributed by atoms with Gasteiger partial charge in [-0.25, -0.2) is 0 Å². The van der Waals surface area contributed by atoms with Gasteiger partial charge in [0.25, 0.3) is 0 Å². The van der Waals surface area contributed by atoms with Crippen molar-refractivity contribution in [3.63, 3.8) is 0 Å². The molecule has 0 amide bonds. The molecule has 4 aromatic heterocycles. The summed E-state index contributed by atoms with van der Waals surface area (Å²) in [5.41, 5.74) is 4.68. The Morgan fingerprint density at radius 3 is 0.864 bits per heavy atom. The molecule has 0 saturated heterocycles. The molecule has 9 rings (SSSR count). The molecule has 0 fully saturated rings. The number of hydrogen-bond donors (Lipinski definition) is 0. The Morgan fingerprint density at radius 1 is 0.273 bits per heavy atom. The second-order valence-electron chi connectivity index (χ2n) is 27.1. The highest BCUT2D eigenvalue weighted by Gasteiger charge is 2.24. The summed E-state index contributed by atoms with van der Waals surface area (Å²) in [6, 6.07) is 32.1. The second-order valence-corrected chi connectivity index (χ2v) is 31.8. The van der Waals surface area contributed by atoms with E-state index in [1.54, 1.807) is 22.7 Å². The van der Waals surface area contributed by atoms with Crippen LogP contribution in [0.15, 0.2) is 94.5 Å². The third-order valence-corrected chi connectivity index (χ3v) is 24.4. The fourth-order valence-corrected chi connectivity index (χ4v) is 18.5. The van der Waals surface area contributed by atoms with E-state index in [2.05, 4.69) is 126 Å². The van der Waals surface area contributed by atoms with E-state index in [1.807, 2.05) is 22.7 Å². The maximum atomic E-state index is 15.4. The van der Waals surface area contributed by atoms with Crippen molar-refractivity contribution in [1.29, 1.82) is 0 Å². The Morgan fingerprint density at radius 2 is 0.534 bits per heavy atom. The van der Waals surface area contributed by atoms with Crippen molar-refractivity contribution < 1.29 is 0 Å². The molecule has 9 aromatic rings. The quantitative estimate of drug-likeness (QED) is 0.0282. The van der Waals surface area contributed by atoms with Gasteiger partial charge in [-0.1, -0.05) is 259 Å². The van der Waals surface area contributed by atoms with Gasteiger partial charge in [-0.05, 0) is 167 Å². The molecule has 0 aliphatic carbocycles. The lowest BCUT2D eigenvalue weighted by Gasteiger charge is -2.21. The first kappa shape index (κ1) is 68.2. The van der Waals surface area contributed by atoms with Crippen LogP contribution in [-0.2, 0) is 12.8 Å². The zero-order chi connectivity index (χ0) is 61.5. The maximum Gasteiger partial charge on any atom is 0.195 e. The monoisotopic (exact) mass is 1250 g/mol. The lowest BCUT2D eigenvalue weighted by molar-refractivity contribution is 0.401. The van der Waals surface area contributed by atoms with Gasteiger partial charge in [-0.2, -0.15) is 0 Å². The van der Waals surface area contributed by atoms with Crippen LogP contribution in [0.4, 0.5) is 0 Å². The van der Waals surface area contributed by atoms with Crippen molar-refractivity contribution in [2.24, 2.45) is 11.8 Å². The molecule has 2 atom stereocenters. The Kier molecular flexibility index (Phi) is 28.0. The van der Waals surface area contributed by atoms with E-state index in [-0.39, 0.29) is 10.9 Å². The summed E-state index contributed by atoms with van der Waals surface area (Å²) < 4.78 is 0. The first-order chi connectivity index (χ1) is 43.2. The highest BCUT2D eigenvalue weighted by molar-refractivity contribution is 7.27. The Bertz CT molecular complexity index is 3600. The summed E-state index contributed by atoms with van der Waals surface area (Å²) in [4.78, 5) is 40.3. The molecule has 0 aliphatic heterocycles. The van der Waals surface area contributed by atoms with Crippen LogP contribution in [0, 0.1) is 25.7 Å². The first-order valence-electron chi connectivity index (χ1n) is 36.1. The number of rotatable bonds is 44. The summed E-state index contributed by atoms with van der Waals surface area (Å²) in [5, 5.41) is 8.96. The van der Waals surface area contributed by atoms with Crippen molar-refractivity contribution in [1.82, 2.24) is 0 Å². The van der Waals surface area contributed by atoms with Gasteiger partial charge in [0.1, 0.15) is 0 Å². The van der Waals surface area contributed by atoms with E-state index in [0.717, 1.165) is 55.3 Å². The minimum Gasteiger partial charge on any atom is -0.289 e. The molecular formula is C82H110O2S4. The second kappa shape index (κ2) is 36.1. The van der Waals surface area contributed by atoms with Crippen LogP contribution in [0.25, 0.3) is 83.5 Å². The number of benzene rings is 3. The molecule has 0 bridgehead atoms. The zero-order valence-electron chi connectivity index (χ0n) is 55.6. The summed E-state index contributed by atoms with van der Waals surface area (Å²) in [7, 11) is 0. The van der Waals surface area contributed by atoms with Crippen molar-refractivity contribution in [3.8, 4) is 40.4 Å². The highest BCUT2D eigenvalue weighted by atomic mass is 32.1. The molecular weight excluding hydrogens is 1150 g/mol. The number of unbranched alkanes of at least 4 members (excludes halogenated alkanes) is 28. The van der Waals surface area contributed by atoms with E-state index < -0.39 is 0 Å². The van der Waals surface area contributed by atoms with Crippen LogP contribution in [-0.4, -0.2) is 0 Å². The van der Waals surface area contributed by atoms with Crippen molar-refractivity contribution >= 4 is 88.4 Å². The van der Waals surface area contributed by atoms with Crippen LogP contribution < -0.4 is 10.9 Å². The Balaban J connectivity index is 1.13. The number of hydrogen-bond acceptors (Lipinski definition) is 6. The largest absolute Gasteiger partial charge is 0.289 e. The Hall–Kier alpha value is -4.20. The van der Waals surface area contributed by atoms with E-state index in [9.17, 15) is 0 Å². The molecule has 474 valence electrons. The third-order valence-electron chi connectivity index (χ3n) is 19.8. The normalized spacial score (nSPS) is 12.8. The topological polar surface area (TPSA) is 34.1 Å². The summed E-state index contributed by atoms with van der Waals surface area (Å²) in [5.74, 6) is 1.11. The molecule has 2 nitrogen and oxygen atoms in total. The van der Waals surface area contributed by atoms with E-state index >= 15 is 9.59 Å². The summed E-state index contributed by atoms with van der Waals surface area (Å²) in [6.07, 6.45) is 49.7. The molecule has 5 aromatic carbocycles. The summed E-state index contributed by atoms with van der Waals surface area (Å²) in [6.45, 7) is 13.6. The first-order valence-corrected chi connectivity index (χ1v) is 39.4. The average molecular weight is 1260 g/mol. The van der Waals surface area contributed by atoms with Crippen LogP contribution in [0.3, 0.4) is 0 Å². The van der Waals surface area contributed by atoms with Crippen LogP contribution in [0.5, 0.6) is 0 Å². The van der Waals surface area contributed by atoms with Crippen molar-refractivity contribution in [3.05, 3.63) is 126 Å². The van der Waals surface area contributed by atoms with E-state index in [0.29, 0.717) is 11.8 Å². The van der Waals surface area contributed by atoms with Crippen LogP contribution in [0.1, 0.15) is 280 Å². The van der Waals surface area contributed by atoms with Gasteiger partial charge in [0.05, 0.1) is 0 Å². The highest BCUT2D eigenvalue weighted by Crippen LogP contribution is 2.45. The third kappa shape index (κ3) is 19.0. The molecule has 0 saturated carbocycles. The van der Waals surface area contributed by atoms with Crippen molar-refractivity contribution in [2.75, 3.05) is 0 Å². The molecule has 0 radical (unpaired) electrons. The fraction of sp³-hybridized carbons (Fsp3) is 0.561. The minimum absolute atomic E-state index is 0.170. The molecule has 88 heavy (non-hydrogen) atoms. The van der Waals surface area contributed by atoms with Crippen molar-refractivity contribution in [2.45, 2.75) is 286 Å². The van der Waals surface area contributed by atoms with E-state index in [4.69, 9.17) is 0 Å². The van der Waals surface area contributed by atoms with Gasteiger partial charge in [-0.3, -0.25) is 9.59 Å². The molecule has 6 heteroatoms. The number of fused-ring (bicyclic) bond motifs is 6. The SMILES string of the molecule is CCCCCCCCCCCCC(CCCCCCCC)Cc1cc2c(=O)c(-c3ccc(C)s3)cc2c2cc3c(CC(CCCCCCCC)CCCCCCCCCCCC)cc4c(=O)c(-c5ccc(-c6ccc(-c7ccc(C)s7)s6)s5)cc4c3cc12. The van der Waals surface area contributed by atoms with Gasteiger partial charge in [0.15, 0.2) is 10.9 Å². The van der Waals surface area contributed by atoms with Crippen LogP contribution in [0.2, 0.25) is 0 Å². The lowest BCUT2D eigenvalue weighted by Crippen LogP contribution is -2.08. The molecule has 0 aliphatic rings. The van der Waals surface area contributed by atoms with Gasteiger partial charge in [-0.15, -0.1) is 45.3 Å². The Labute approximate surface area is 548 Å². The molecule has 4 heterocycles. The van der Waals surface area contributed by atoms with Gasteiger partial charge >= 0.3 is 0 Å². The lowest BCUT2D eigenvalue weighted by atomic mass is 9.83. The smallest absolute Gasteiger partial charge is 0.195 e.